The summed E-state index contributed by atoms with van der Waals surface area (Å²) < 4.78 is 3.57. The number of benzene rings is 1. The first-order valence-electron chi connectivity index (χ1n) is 11.4. The highest BCUT2D eigenvalue weighted by molar-refractivity contribution is 5.96. The SMILES string of the molecule is C/C(=N\OCC1CC1)c1ccc2nnc(Cc3ccc4ncc(-c5cnn(C)c5)cc4c3)n2n1. The molecule has 0 spiro atoms. The van der Waals surface area contributed by atoms with Crippen LogP contribution in [0.5, 0.6) is 0 Å². The number of aryl methyl sites for hydroxylation is 1. The fraction of sp³-hybridized carbons (Fsp3) is 0.280. The van der Waals surface area contributed by atoms with E-state index in [1.54, 1.807) is 9.20 Å². The number of fused-ring (bicyclic) bond motifs is 2. The second-order valence-electron chi connectivity index (χ2n) is 8.85. The summed E-state index contributed by atoms with van der Waals surface area (Å²) in [5.41, 5.74) is 6.32. The molecule has 0 atom stereocenters. The maximum absolute atomic E-state index is 5.47. The zero-order valence-corrected chi connectivity index (χ0v) is 19.1. The van der Waals surface area contributed by atoms with E-state index in [1.165, 1.54) is 12.8 Å². The molecule has 0 radical (unpaired) electrons. The van der Waals surface area contributed by atoms with E-state index in [9.17, 15) is 0 Å². The molecule has 1 saturated carbocycles. The van der Waals surface area contributed by atoms with Crippen LogP contribution in [0.25, 0.3) is 27.7 Å². The highest BCUT2D eigenvalue weighted by Gasteiger charge is 2.22. The van der Waals surface area contributed by atoms with E-state index in [0.717, 1.165) is 44.8 Å². The van der Waals surface area contributed by atoms with Crippen molar-refractivity contribution in [2.24, 2.45) is 18.1 Å². The van der Waals surface area contributed by atoms with Crippen molar-refractivity contribution in [3.63, 3.8) is 0 Å². The quantitative estimate of drug-likeness (QED) is 0.275. The summed E-state index contributed by atoms with van der Waals surface area (Å²) in [4.78, 5) is 10.1. The van der Waals surface area contributed by atoms with Crippen molar-refractivity contribution >= 4 is 22.3 Å². The summed E-state index contributed by atoms with van der Waals surface area (Å²) >= 11 is 0. The summed E-state index contributed by atoms with van der Waals surface area (Å²) in [5.74, 6) is 1.42. The molecule has 0 aliphatic heterocycles. The van der Waals surface area contributed by atoms with Gasteiger partial charge in [0.1, 0.15) is 18.0 Å². The van der Waals surface area contributed by atoms with Crippen LogP contribution < -0.4 is 0 Å². The first-order valence-corrected chi connectivity index (χ1v) is 11.4. The molecule has 1 aliphatic rings. The van der Waals surface area contributed by atoms with E-state index in [0.29, 0.717) is 24.6 Å². The minimum Gasteiger partial charge on any atom is -0.395 e. The highest BCUT2D eigenvalue weighted by Crippen LogP contribution is 2.29. The largest absolute Gasteiger partial charge is 0.395 e. The molecule has 170 valence electrons. The molecule has 0 bridgehead atoms. The monoisotopic (exact) mass is 452 g/mol. The summed E-state index contributed by atoms with van der Waals surface area (Å²) in [5, 5.41) is 23.0. The van der Waals surface area contributed by atoms with Gasteiger partial charge in [-0.2, -0.15) is 14.7 Å². The molecule has 0 amide bonds. The summed E-state index contributed by atoms with van der Waals surface area (Å²) in [6, 6.07) is 12.2. The molecular weight excluding hydrogens is 428 g/mol. The lowest BCUT2D eigenvalue weighted by Crippen LogP contribution is -2.07. The van der Waals surface area contributed by atoms with Crippen molar-refractivity contribution < 1.29 is 4.84 Å². The van der Waals surface area contributed by atoms with E-state index in [2.05, 4.69) is 43.6 Å². The van der Waals surface area contributed by atoms with Crippen LogP contribution in [-0.4, -0.2) is 46.9 Å². The summed E-state index contributed by atoms with van der Waals surface area (Å²) in [7, 11) is 1.91. The minimum atomic E-state index is 0.596. The standard InChI is InChI=1S/C25H24N8O/c1-16(31-34-15-17-3-4-17)22-7-8-24-28-29-25(33(24)30-22)10-18-5-6-23-19(9-18)11-20(12-26-23)21-13-27-32(2)14-21/h5-9,11-14,17H,3-4,10,15H2,1-2H3/b31-16+. The van der Waals surface area contributed by atoms with Crippen molar-refractivity contribution in [3.8, 4) is 11.1 Å². The van der Waals surface area contributed by atoms with Crippen molar-refractivity contribution in [2.75, 3.05) is 6.61 Å². The molecule has 4 aromatic heterocycles. The van der Waals surface area contributed by atoms with Crippen LogP contribution in [0.15, 0.2) is 60.1 Å². The molecule has 34 heavy (non-hydrogen) atoms. The lowest BCUT2D eigenvalue weighted by Gasteiger charge is -2.06. The Kier molecular flexibility index (Phi) is 5.01. The van der Waals surface area contributed by atoms with Gasteiger partial charge in [0.25, 0.3) is 0 Å². The van der Waals surface area contributed by atoms with Crippen LogP contribution in [0.3, 0.4) is 0 Å². The van der Waals surface area contributed by atoms with Crippen molar-refractivity contribution in [2.45, 2.75) is 26.2 Å². The summed E-state index contributed by atoms with van der Waals surface area (Å²) in [6.07, 6.45) is 8.78. The molecule has 1 aromatic carbocycles. The second kappa shape index (κ2) is 8.33. The predicted octanol–water partition coefficient (Wildman–Crippen LogP) is 3.81. The molecule has 6 rings (SSSR count). The molecule has 1 aliphatic carbocycles. The van der Waals surface area contributed by atoms with E-state index in [4.69, 9.17) is 9.94 Å². The van der Waals surface area contributed by atoms with Crippen LogP contribution in [0.4, 0.5) is 0 Å². The van der Waals surface area contributed by atoms with Crippen LogP contribution >= 0.6 is 0 Å². The fourth-order valence-corrected chi connectivity index (χ4v) is 3.91. The van der Waals surface area contributed by atoms with Gasteiger partial charge < -0.3 is 4.84 Å². The lowest BCUT2D eigenvalue weighted by atomic mass is 10.0. The Labute approximate surface area is 196 Å². The van der Waals surface area contributed by atoms with E-state index in [1.807, 2.05) is 50.8 Å². The Bertz CT molecular complexity index is 1530. The zero-order chi connectivity index (χ0) is 23.1. The Balaban J connectivity index is 1.28. The van der Waals surface area contributed by atoms with Gasteiger partial charge in [0.05, 0.1) is 11.7 Å². The molecule has 0 saturated heterocycles. The molecule has 5 aromatic rings. The maximum Gasteiger partial charge on any atom is 0.177 e. The number of aromatic nitrogens is 7. The Morgan fingerprint density at radius 1 is 1.09 bits per heavy atom. The van der Waals surface area contributed by atoms with Gasteiger partial charge in [0.2, 0.25) is 0 Å². The smallest absolute Gasteiger partial charge is 0.177 e. The van der Waals surface area contributed by atoms with Gasteiger partial charge in [-0.1, -0.05) is 11.2 Å². The number of pyridine rings is 1. The number of rotatable bonds is 7. The van der Waals surface area contributed by atoms with Crippen LogP contribution in [-0.2, 0) is 18.3 Å². The zero-order valence-electron chi connectivity index (χ0n) is 19.1. The maximum atomic E-state index is 5.47. The minimum absolute atomic E-state index is 0.596. The Hall–Kier alpha value is -4.14. The molecule has 9 nitrogen and oxygen atoms in total. The third-order valence-electron chi connectivity index (χ3n) is 6.05. The predicted molar refractivity (Wildman–Crippen MR) is 128 cm³/mol. The number of hydrogen-bond acceptors (Lipinski definition) is 7. The Morgan fingerprint density at radius 3 is 2.82 bits per heavy atom. The summed E-state index contributed by atoms with van der Waals surface area (Å²) in [6.45, 7) is 2.58. The van der Waals surface area contributed by atoms with Crippen LogP contribution in [0.1, 0.15) is 36.8 Å². The topological polar surface area (TPSA) is 95.4 Å². The van der Waals surface area contributed by atoms with Gasteiger partial charge in [0.15, 0.2) is 11.5 Å². The molecule has 4 heterocycles. The van der Waals surface area contributed by atoms with Crippen LogP contribution in [0.2, 0.25) is 0 Å². The Morgan fingerprint density at radius 2 is 2.00 bits per heavy atom. The number of nitrogens with zero attached hydrogens (tertiary/aromatic N) is 8. The number of hydrogen-bond donors (Lipinski definition) is 0. The van der Waals surface area contributed by atoms with Crippen molar-refractivity contribution in [1.29, 1.82) is 0 Å². The highest BCUT2D eigenvalue weighted by atomic mass is 16.6. The normalized spacial score (nSPS) is 14.2. The molecule has 9 heteroatoms. The molecule has 0 N–H and O–H groups in total. The average molecular weight is 453 g/mol. The van der Waals surface area contributed by atoms with E-state index in [-0.39, 0.29) is 0 Å². The van der Waals surface area contributed by atoms with Crippen molar-refractivity contribution in [3.05, 3.63) is 72.1 Å². The average Bonchev–Trinajstić information content (AvgIpc) is 3.44. The van der Waals surface area contributed by atoms with Gasteiger partial charge in [-0.05, 0) is 61.6 Å². The van der Waals surface area contributed by atoms with Gasteiger partial charge in [-0.3, -0.25) is 9.67 Å². The van der Waals surface area contributed by atoms with E-state index >= 15 is 0 Å². The number of oxime groups is 1. The third kappa shape index (κ3) is 4.12. The third-order valence-corrected chi connectivity index (χ3v) is 6.05. The van der Waals surface area contributed by atoms with Crippen molar-refractivity contribution in [1.82, 2.24) is 34.6 Å². The van der Waals surface area contributed by atoms with Gasteiger partial charge in [0, 0.05) is 42.4 Å². The van der Waals surface area contributed by atoms with Gasteiger partial charge in [-0.25, -0.2) is 0 Å². The second-order valence-corrected chi connectivity index (χ2v) is 8.85. The first kappa shape index (κ1) is 20.5. The van der Waals surface area contributed by atoms with Gasteiger partial charge >= 0.3 is 0 Å². The molecule has 1 fully saturated rings. The first-order chi connectivity index (χ1) is 16.6. The van der Waals surface area contributed by atoms with Crippen LogP contribution in [0, 0.1) is 5.92 Å². The lowest BCUT2D eigenvalue weighted by molar-refractivity contribution is 0.134. The fourth-order valence-electron chi connectivity index (χ4n) is 3.91. The molecule has 0 unspecified atom stereocenters. The van der Waals surface area contributed by atoms with Gasteiger partial charge in [-0.15, -0.1) is 10.2 Å². The van der Waals surface area contributed by atoms with E-state index < -0.39 is 0 Å². The molecular formula is C25H24N8O.